The molecule has 2 heterocycles. The van der Waals surface area contributed by atoms with Crippen LogP contribution in [0.2, 0.25) is 0 Å². The predicted octanol–water partition coefficient (Wildman–Crippen LogP) is 2.77. The molecule has 0 aliphatic rings. The van der Waals surface area contributed by atoms with Gasteiger partial charge in [0.2, 0.25) is 0 Å². The van der Waals surface area contributed by atoms with Crippen molar-refractivity contribution in [2.45, 2.75) is 20.5 Å². The number of carbonyl (C=O) groups excluding carboxylic acids is 1. The Morgan fingerprint density at radius 1 is 1.28 bits per heavy atom. The smallest absolute Gasteiger partial charge is 0.255 e. The van der Waals surface area contributed by atoms with Crippen LogP contribution in [-0.4, -0.2) is 25.8 Å². The summed E-state index contributed by atoms with van der Waals surface area (Å²) in [4.78, 5) is 16.3. The number of aliphatic hydroxyl groups is 1. The van der Waals surface area contributed by atoms with Crippen molar-refractivity contribution in [1.82, 2.24) is 14.8 Å². The molecule has 0 bridgehead atoms. The lowest BCUT2D eigenvalue weighted by Gasteiger charge is -2.10. The molecule has 25 heavy (non-hydrogen) atoms. The fraction of sp³-hybridized carbons (Fsp3) is 0.167. The van der Waals surface area contributed by atoms with Gasteiger partial charge < -0.3 is 10.4 Å². The van der Waals surface area contributed by atoms with E-state index in [-0.39, 0.29) is 17.9 Å². The molecule has 2 aromatic heterocycles. The molecular formula is C18H17FN4O2. The minimum atomic E-state index is -0.549. The van der Waals surface area contributed by atoms with Crippen LogP contribution in [0.25, 0.3) is 5.69 Å². The largest absolute Gasteiger partial charge is 0.392 e. The van der Waals surface area contributed by atoms with Crippen LogP contribution in [0, 0.1) is 19.7 Å². The highest BCUT2D eigenvalue weighted by Gasteiger charge is 2.14. The number of nitrogens with one attached hydrogen (secondary N) is 1. The summed E-state index contributed by atoms with van der Waals surface area (Å²) in [6.45, 7) is 3.43. The van der Waals surface area contributed by atoms with E-state index in [9.17, 15) is 14.3 Å². The monoisotopic (exact) mass is 340 g/mol. The third-order valence-corrected chi connectivity index (χ3v) is 3.78. The van der Waals surface area contributed by atoms with Crippen molar-refractivity contribution in [3.63, 3.8) is 0 Å². The summed E-state index contributed by atoms with van der Waals surface area (Å²) in [5.74, 6) is -1.03. The number of aryl methyl sites for hydroxylation is 2. The number of benzene rings is 1. The Balaban J connectivity index is 1.87. The maximum atomic E-state index is 14.5. The summed E-state index contributed by atoms with van der Waals surface area (Å²) in [5.41, 5.74) is 2.94. The summed E-state index contributed by atoms with van der Waals surface area (Å²) >= 11 is 0. The average molecular weight is 340 g/mol. The number of carbonyl (C=O) groups is 1. The SMILES string of the molecule is Cc1cc(C)n(-c2ccc(C(=O)Nc3cnccc3CO)cc2F)n1. The molecule has 128 valence electrons. The first kappa shape index (κ1) is 16.8. The van der Waals surface area contributed by atoms with Crippen molar-refractivity contribution in [2.24, 2.45) is 0 Å². The molecule has 0 saturated carbocycles. The van der Waals surface area contributed by atoms with Crippen LogP contribution in [0.15, 0.2) is 42.7 Å². The summed E-state index contributed by atoms with van der Waals surface area (Å²) in [7, 11) is 0. The molecule has 0 saturated heterocycles. The predicted molar refractivity (Wildman–Crippen MR) is 91.1 cm³/mol. The fourth-order valence-corrected chi connectivity index (χ4v) is 2.56. The molecule has 0 unspecified atom stereocenters. The number of rotatable bonds is 4. The Morgan fingerprint density at radius 3 is 2.72 bits per heavy atom. The van der Waals surface area contributed by atoms with Gasteiger partial charge in [-0.05, 0) is 44.2 Å². The lowest BCUT2D eigenvalue weighted by molar-refractivity contribution is 0.102. The number of aromatic nitrogens is 3. The highest BCUT2D eigenvalue weighted by molar-refractivity contribution is 6.04. The second-order valence-corrected chi connectivity index (χ2v) is 5.65. The minimum absolute atomic E-state index is 0.163. The maximum absolute atomic E-state index is 14.5. The van der Waals surface area contributed by atoms with Crippen molar-refractivity contribution in [3.8, 4) is 5.69 Å². The molecule has 2 N–H and O–H groups in total. The standard InChI is InChI=1S/C18H17FN4O2/c1-11-7-12(2)23(22-11)17-4-3-13(8-15(17)19)18(25)21-16-9-20-6-5-14(16)10-24/h3-9,24H,10H2,1-2H3,(H,21,25). The van der Waals surface area contributed by atoms with Crippen molar-refractivity contribution in [3.05, 3.63) is 71.1 Å². The summed E-state index contributed by atoms with van der Waals surface area (Å²) in [6, 6.07) is 7.65. The summed E-state index contributed by atoms with van der Waals surface area (Å²) in [6.07, 6.45) is 2.95. The Kier molecular flexibility index (Phi) is 4.58. The van der Waals surface area contributed by atoms with Gasteiger partial charge in [-0.2, -0.15) is 5.10 Å². The zero-order valence-electron chi connectivity index (χ0n) is 13.8. The summed E-state index contributed by atoms with van der Waals surface area (Å²) < 4.78 is 16.0. The fourth-order valence-electron chi connectivity index (χ4n) is 2.56. The van der Waals surface area contributed by atoms with Crippen molar-refractivity contribution < 1.29 is 14.3 Å². The molecule has 0 aliphatic heterocycles. The number of pyridine rings is 1. The normalized spacial score (nSPS) is 10.7. The van der Waals surface area contributed by atoms with E-state index in [1.165, 1.54) is 29.2 Å². The van der Waals surface area contributed by atoms with Gasteiger partial charge in [0, 0.05) is 23.0 Å². The van der Waals surface area contributed by atoms with E-state index in [4.69, 9.17) is 0 Å². The van der Waals surface area contributed by atoms with Gasteiger partial charge in [0.05, 0.1) is 24.2 Å². The van der Waals surface area contributed by atoms with Gasteiger partial charge in [0.15, 0.2) is 0 Å². The topological polar surface area (TPSA) is 80.0 Å². The number of nitrogens with zero attached hydrogens (tertiary/aromatic N) is 3. The highest BCUT2D eigenvalue weighted by atomic mass is 19.1. The third kappa shape index (κ3) is 3.41. The molecular weight excluding hydrogens is 323 g/mol. The maximum Gasteiger partial charge on any atom is 0.255 e. The zero-order chi connectivity index (χ0) is 18.0. The van der Waals surface area contributed by atoms with Gasteiger partial charge in [-0.25, -0.2) is 9.07 Å². The Morgan fingerprint density at radius 2 is 2.08 bits per heavy atom. The molecule has 6 nitrogen and oxygen atoms in total. The quantitative estimate of drug-likeness (QED) is 0.765. The van der Waals surface area contributed by atoms with Crippen LogP contribution in [0.3, 0.4) is 0 Å². The molecule has 1 aromatic carbocycles. The van der Waals surface area contributed by atoms with Crippen LogP contribution in [0.4, 0.5) is 10.1 Å². The number of amides is 1. The summed E-state index contributed by atoms with van der Waals surface area (Å²) in [5, 5.41) is 16.2. The van der Waals surface area contributed by atoms with E-state index in [1.54, 1.807) is 6.07 Å². The van der Waals surface area contributed by atoms with Gasteiger partial charge in [0.25, 0.3) is 5.91 Å². The number of aliphatic hydroxyl groups excluding tert-OH is 1. The second kappa shape index (κ2) is 6.82. The van der Waals surface area contributed by atoms with E-state index in [0.717, 1.165) is 17.5 Å². The van der Waals surface area contributed by atoms with Crippen LogP contribution in [0.5, 0.6) is 0 Å². The number of anilines is 1. The molecule has 3 aromatic rings. The van der Waals surface area contributed by atoms with E-state index >= 15 is 0 Å². The van der Waals surface area contributed by atoms with E-state index in [1.807, 2.05) is 19.9 Å². The molecule has 3 rings (SSSR count). The molecule has 0 fully saturated rings. The van der Waals surface area contributed by atoms with E-state index < -0.39 is 11.7 Å². The van der Waals surface area contributed by atoms with Crippen LogP contribution in [0.1, 0.15) is 27.3 Å². The lowest BCUT2D eigenvalue weighted by atomic mass is 10.1. The molecule has 1 amide bonds. The first-order valence-corrected chi connectivity index (χ1v) is 7.68. The number of hydrogen-bond acceptors (Lipinski definition) is 4. The molecule has 0 atom stereocenters. The lowest BCUT2D eigenvalue weighted by Crippen LogP contribution is -2.14. The van der Waals surface area contributed by atoms with Gasteiger partial charge in [-0.1, -0.05) is 0 Å². The third-order valence-electron chi connectivity index (χ3n) is 3.78. The molecule has 0 spiro atoms. The van der Waals surface area contributed by atoms with Crippen molar-refractivity contribution >= 4 is 11.6 Å². The average Bonchev–Trinajstić information content (AvgIpc) is 2.93. The molecule has 7 heteroatoms. The Labute approximate surface area is 144 Å². The Hall–Kier alpha value is -3.06. The minimum Gasteiger partial charge on any atom is -0.392 e. The van der Waals surface area contributed by atoms with Crippen LogP contribution >= 0.6 is 0 Å². The molecule has 0 radical (unpaired) electrons. The number of halogens is 1. The van der Waals surface area contributed by atoms with Crippen molar-refractivity contribution in [2.75, 3.05) is 5.32 Å². The van der Waals surface area contributed by atoms with E-state index in [2.05, 4.69) is 15.4 Å². The molecule has 0 aliphatic carbocycles. The first-order chi connectivity index (χ1) is 12.0. The van der Waals surface area contributed by atoms with Crippen LogP contribution in [-0.2, 0) is 6.61 Å². The second-order valence-electron chi connectivity index (χ2n) is 5.65. The zero-order valence-corrected chi connectivity index (χ0v) is 13.8. The van der Waals surface area contributed by atoms with Gasteiger partial charge in [-0.3, -0.25) is 9.78 Å². The number of hydrogen-bond donors (Lipinski definition) is 2. The van der Waals surface area contributed by atoms with E-state index in [0.29, 0.717) is 11.3 Å². The van der Waals surface area contributed by atoms with Crippen molar-refractivity contribution in [1.29, 1.82) is 0 Å². The van der Waals surface area contributed by atoms with Crippen LogP contribution < -0.4 is 5.32 Å². The Bertz CT molecular complexity index is 937. The van der Waals surface area contributed by atoms with Gasteiger partial charge in [0.1, 0.15) is 11.5 Å². The van der Waals surface area contributed by atoms with Gasteiger partial charge >= 0.3 is 0 Å². The highest BCUT2D eigenvalue weighted by Crippen LogP contribution is 2.19. The first-order valence-electron chi connectivity index (χ1n) is 7.68. The van der Waals surface area contributed by atoms with Gasteiger partial charge in [-0.15, -0.1) is 0 Å².